The fourth-order valence-electron chi connectivity index (χ4n) is 3.54. The van der Waals surface area contributed by atoms with E-state index in [1.165, 1.54) is 24.6 Å². The molecule has 9 nitrogen and oxygen atoms in total. The van der Waals surface area contributed by atoms with Crippen LogP contribution in [0.1, 0.15) is 6.42 Å². The Bertz CT molecular complexity index is 802. The quantitative estimate of drug-likeness (QED) is 0.617. The van der Waals surface area contributed by atoms with Gasteiger partial charge in [0, 0.05) is 58.3 Å². The van der Waals surface area contributed by atoms with Gasteiger partial charge >= 0.3 is 0 Å². The summed E-state index contributed by atoms with van der Waals surface area (Å²) in [5.41, 5.74) is 0. The van der Waals surface area contributed by atoms with E-state index in [0.29, 0.717) is 76.9 Å². The number of amides is 1. The Morgan fingerprint density at radius 2 is 1.72 bits per heavy atom. The summed E-state index contributed by atoms with van der Waals surface area (Å²) < 4.78 is 43.4. The molecule has 0 bridgehead atoms. The molecule has 10 heteroatoms. The van der Waals surface area contributed by atoms with Gasteiger partial charge in [0.15, 0.2) is 0 Å². The molecule has 2 heterocycles. The second-order valence-corrected chi connectivity index (χ2v) is 8.91. The van der Waals surface area contributed by atoms with E-state index < -0.39 is 10.0 Å². The Morgan fingerprint density at radius 3 is 2.34 bits per heavy atom. The molecule has 0 saturated carbocycles. The third-order valence-electron chi connectivity index (χ3n) is 5.33. The molecule has 0 unspecified atom stereocenters. The molecule has 2 fully saturated rings. The van der Waals surface area contributed by atoms with Crippen molar-refractivity contribution in [2.45, 2.75) is 11.3 Å². The first-order valence-corrected chi connectivity index (χ1v) is 11.2. The number of benzene rings is 1. The minimum absolute atomic E-state index is 0.107. The molecule has 29 heavy (non-hydrogen) atoms. The molecule has 1 aromatic carbocycles. The van der Waals surface area contributed by atoms with Crippen molar-refractivity contribution in [3.8, 4) is 11.5 Å². The third kappa shape index (κ3) is 5.19. The Morgan fingerprint density at radius 1 is 1.03 bits per heavy atom. The molecule has 0 N–H and O–H groups in total. The number of methoxy groups -OCH3 is 2. The molecule has 0 aromatic heterocycles. The molecule has 1 aromatic rings. The molecule has 162 valence electrons. The number of ether oxygens (including phenoxy) is 3. The lowest BCUT2D eigenvalue weighted by Gasteiger charge is -2.34. The maximum Gasteiger partial charge on any atom is 0.246 e. The van der Waals surface area contributed by atoms with E-state index in [-0.39, 0.29) is 10.8 Å². The van der Waals surface area contributed by atoms with E-state index in [4.69, 9.17) is 14.2 Å². The van der Waals surface area contributed by atoms with Crippen molar-refractivity contribution < 1.29 is 27.4 Å². The third-order valence-corrected chi connectivity index (χ3v) is 7.25. The van der Waals surface area contributed by atoms with Gasteiger partial charge in [0.05, 0.1) is 27.4 Å². The zero-order valence-electron chi connectivity index (χ0n) is 17.0. The fraction of sp³-hybridized carbons (Fsp3) is 0.632. The van der Waals surface area contributed by atoms with Crippen molar-refractivity contribution in [3.63, 3.8) is 0 Å². The number of nitrogens with zero attached hydrogens (tertiary/aromatic N) is 3. The summed E-state index contributed by atoms with van der Waals surface area (Å²) in [6.45, 7) is 5.02. The predicted octanol–water partition coefficient (Wildman–Crippen LogP) is 0.259. The standard InChI is InChI=1S/C19H29N3O6S/c1-26-16-3-4-17(27-2)18(15-16)29(24,25)22-9-7-20(8-10-22)6-5-19(23)21-11-13-28-14-12-21/h3-4,15H,5-14H2,1-2H3. The molecule has 0 spiro atoms. The topological polar surface area (TPSA) is 88.6 Å². The van der Waals surface area contributed by atoms with E-state index in [2.05, 4.69) is 4.90 Å². The second-order valence-electron chi connectivity index (χ2n) is 7.01. The summed E-state index contributed by atoms with van der Waals surface area (Å²) in [5, 5.41) is 0. The van der Waals surface area contributed by atoms with Crippen LogP contribution in [0.3, 0.4) is 0 Å². The Balaban J connectivity index is 1.56. The number of carbonyl (C=O) groups excluding carboxylic acids is 1. The lowest BCUT2D eigenvalue weighted by Crippen LogP contribution is -2.49. The number of sulfonamides is 1. The molecular weight excluding hydrogens is 398 g/mol. The van der Waals surface area contributed by atoms with Gasteiger partial charge in [-0.05, 0) is 12.1 Å². The van der Waals surface area contributed by atoms with Crippen LogP contribution in [0.4, 0.5) is 0 Å². The number of carbonyl (C=O) groups is 1. The lowest BCUT2D eigenvalue weighted by molar-refractivity contribution is -0.135. The van der Waals surface area contributed by atoms with Gasteiger partial charge in [-0.15, -0.1) is 0 Å². The van der Waals surface area contributed by atoms with Crippen molar-refractivity contribution in [2.75, 3.05) is 73.2 Å². The summed E-state index contributed by atoms with van der Waals surface area (Å²) in [6, 6.07) is 4.75. The second kappa shape index (κ2) is 9.75. The normalized spacial score (nSPS) is 19.2. The highest BCUT2D eigenvalue weighted by Crippen LogP contribution is 2.31. The fourth-order valence-corrected chi connectivity index (χ4v) is 5.14. The van der Waals surface area contributed by atoms with Gasteiger partial charge in [-0.3, -0.25) is 4.79 Å². The molecule has 0 atom stereocenters. The molecule has 2 aliphatic rings. The monoisotopic (exact) mass is 427 g/mol. The zero-order valence-corrected chi connectivity index (χ0v) is 17.8. The first kappa shape index (κ1) is 21.8. The maximum absolute atomic E-state index is 13.1. The molecular formula is C19H29N3O6S. The number of morpholine rings is 1. The van der Waals surface area contributed by atoms with E-state index >= 15 is 0 Å². The average Bonchev–Trinajstić information content (AvgIpc) is 2.77. The van der Waals surface area contributed by atoms with Gasteiger partial charge in [-0.1, -0.05) is 0 Å². The van der Waals surface area contributed by atoms with Crippen LogP contribution >= 0.6 is 0 Å². The number of hydrogen-bond donors (Lipinski definition) is 0. The summed E-state index contributed by atoms with van der Waals surface area (Å²) in [6.07, 6.45) is 0.441. The highest BCUT2D eigenvalue weighted by molar-refractivity contribution is 7.89. The van der Waals surface area contributed by atoms with Gasteiger partial charge in [0.1, 0.15) is 16.4 Å². The van der Waals surface area contributed by atoms with Gasteiger partial charge in [-0.2, -0.15) is 4.31 Å². The Hall–Kier alpha value is -1.88. The van der Waals surface area contributed by atoms with Gasteiger partial charge in [-0.25, -0.2) is 8.42 Å². The van der Waals surface area contributed by atoms with E-state index in [9.17, 15) is 13.2 Å². The van der Waals surface area contributed by atoms with Crippen LogP contribution in [0.5, 0.6) is 11.5 Å². The molecule has 0 aliphatic carbocycles. The number of hydrogen-bond acceptors (Lipinski definition) is 7. The molecule has 0 radical (unpaired) electrons. The Labute approximate surface area is 172 Å². The molecule has 2 saturated heterocycles. The average molecular weight is 428 g/mol. The molecule has 3 rings (SSSR count). The summed E-state index contributed by atoms with van der Waals surface area (Å²) in [4.78, 5) is 16.4. The summed E-state index contributed by atoms with van der Waals surface area (Å²) in [7, 11) is -0.753. The van der Waals surface area contributed by atoms with Crippen LogP contribution in [0, 0.1) is 0 Å². The smallest absolute Gasteiger partial charge is 0.246 e. The SMILES string of the molecule is COc1ccc(OC)c(S(=O)(=O)N2CCN(CCC(=O)N3CCOCC3)CC2)c1. The number of rotatable bonds is 7. The lowest BCUT2D eigenvalue weighted by atomic mass is 10.3. The van der Waals surface area contributed by atoms with Crippen LogP contribution in [0.2, 0.25) is 0 Å². The summed E-state index contributed by atoms with van der Waals surface area (Å²) in [5.74, 6) is 0.887. The highest BCUT2D eigenvalue weighted by Gasteiger charge is 2.31. The first-order valence-electron chi connectivity index (χ1n) is 9.76. The van der Waals surface area contributed by atoms with Crippen molar-refractivity contribution >= 4 is 15.9 Å². The van der Waals surface area contributed by atoms with Crippen molar-refractivity contribution in [3.05, 3.63) is 18.2 Å². The van der Waals surface area contributed by atoms with E-state index in [1.54, 1.807) is 12.1 Å². The van der Waals surface area contributed by atoms with Gasteiger partial charge in [0.25, 0.3) is 0 Å². The van der Waals surface area contributed by atoms with Crippen LogP contribution in [0.15, 0.2) is 23.1 Å². The van der Waals surface area contributed by atoms with Gasteiger partial charge < -0.3 is 24.0 Å². The molecule has 1 amide bonds. The van der Waals surface area contributed by atoms with Crippen LogP contribution < -0.4 is 9.47 Å². The van der Waals surface area contributed by atoms with E-state index in [0.717, 1.165) is 0 Å². The number of piperazine rings is 1. The first-order chi connectivity index (χ1) is 14.0. The Kier molecular flexibility index (Phi) is 7.33. The minimum atomic E-state index is -3.70. The van der Waals surface area contributed by atoms with Crippen molar-refractivity contribution in [1.82, 2.24) is 14.1 Å². The van der Waals surface area contributed by atoms with Crippen LogP contribution in [0.25, 0.3) is 0 Å². The van der Waals surface area contributed by atoms with Crippen LogP contribution in [-0.4, -0.2) is 102 Å². The predicted molar refractivity (Wildman–Crippen MR) is 107 cm³/mol. The van der Waals surface area contributed by atoms with Gasteiger partial charge in [0.2, 0.25) is 15.9 Å². The van der Waals surface area contributed by atoms with Crippen molar-refractivity contribution in [2.24, 2.45) is 0 Å². The van der Waals surface area contributed by atoms with Crippen molar-refractivity contribution in [1.29, 1.82) is 0 Å². The van der Waals surface area contributed by atoms with Crippen LogP contribution in [-0.2, 0) is 19.6 Å². The molecule has 2 aliphatic heterocycles. The van der Waals surface area contributed by atoms with E-state index in [1.807, 2.05) is 4.90 Å². The largest absolute Gasteiger partial charge is 0.497 e. The summed E-state index contributed by atoms with van der Waals surface area (Å²) >= 11 is 0. The highest BCUT2D eigenvalue weighted by atomic mass is 32.2. The maximum atomic E-state index is 13.1. The minimum Gasteiger partial charge on any atom is -0.497 e. The zero-order chi connectivity index (χ0) is 20.9.